The molecule has 1 heterocycles. The third-order valence-corrected chi connectivity index (χ3v) is 5.43. The molecular weight excluding hydrogens is 450 g/mol. The zero-order valence-corrected chi connectivity index (χ0v) is 19.1. The fraction of sp³-hybridized carbons (Fsp3) is 0.292. The van der Waals surface area contributed by atoms with Crippen molar-refractivity contribution in [3.8, 4) is 0 Å². The molecular formula is C24H29N7O4. The van der Waals surface area contributed by atoms with Gasteiger partial charge in [-0.3, -0.25) is 14.6 Å². The number of carboxylic acid groups (broad SMARTS) is 1. The molecule has 35 heavy (non-hydrogen) atoms. The zero-order chi connectivity index (χ0) is 25.4. The second kappa shape index (κ2) is 11.7. The Labute approximate surface area is 202 Å². The van der Waals surface area contributed by atoms with E-state index < -0.39 is 24.0 Å². The van der Waals surface area contributed by atoms with Gasteiger partial charge in [-0.2, -0.15) is 0 Å². The number of nitrogens with zero attached hydrogens (tertiary/aromatic N) is 2. The monoisotopic (exact) mass is 479 g/mol. The molecule has 9 N–H and O–H groups in total. The average Bonchev–Trinajstić information content (AvgIpc) is 3.16. The van der Waals surface area contributed by atoms with E-state index in [1.165, 1.54) is 0 Å². The maximum atomic E-state index is 12.7. The van der Waals surface area contributed by atoms with Gasteiger partial charge in [0.15, 0.2) is 5.96 Å². The van der Waals surface area contributed by atoms with Crippen LogP contribution < -0.4 is 27.8 Å². The maximum Gasteiger partial charge on any atom is 0.326 e. The molecule has 2 aromatic carbocycles. The fourth-order valence-corrected chi connectivity index (χ4v) is 3.61. The lowest BCUT2D eigenvalue weighted by Crippen LogP contribution is -2.46. The van der Waals surface area contributed by atoms with Crippen LogP contribution in [0.15, 0.2) is 58.5 Å². The number of carboxylic acids is 1. The first-order valence-corrected chi connectivity index (χ1v) is 11.2. The number of hydrogen-bond donors (Lipinski definition) is 6. The Hall–Kier alpha value is -4.25. The average molecular weight is 480 g/mol. The Morgan fingerprint density at radius 2 is 1.77 bits per heavy atom. The largest absolute Gasteiger partial charge is 0.480 e. The number of nitrogens with two attached hydrogens (primary N) is 3. The summed E-state index contributed by atoms with van der Waals surface area (Å²) < 4.78 is 0. The number of para-hydroxylation sites is 1. The van der Waals surface area contributed by atoms with E-state index in [9.17, 15) is 19.5 Å². The van der Waals surface area contributed by atoms with Crippen molar-refractivity contribution in [2.45, 2.75) is 37.8 Å². The van der Waals surface area contributed by atoms with Crippen molar-refractivity contribution in [2.75, 3.05) is 11.9 Å². The lowest BCUT2D eigenvalue weighted by Gasteiger charge is -2.16. The molecule has 1 aliphatic rings. The van der Waals surface area contributed by atoms with Gasteiger partial charge >= 0.3 is 5.97 Å². The minimum absolute atomic E-state index is 0.0284. The minimum atomic E-state index is -1.18. The normalized spacial score (nSPS) is 14.9. The molecule has 1 unspecified atom stereocenters. The van der Waals surface area contributed by atoms with E-state index in [1.807, 2.05) is 0 Å². The number of nitrogens with one attached hydrogen (secondary N) is 2. The van der Waals surface area contributed by atoms with E-state index >= 15 is 0 Å². The molecule has 2 atom stereocenters. The zero-order valence-electron chi connectivity index (χ0n) is 19.1. The highest BCUT2D eigenvalue weighted by Gasteiger charge is 2.31. The minimum Gasteiger partial charge on any atom is -0.480 e. The number of aliphatic carboxylic acids is 1. The lowest BCUT2D eigenvalue weighted by atomic mass is 10.0. The summed E-state index contributed by atoms with van der Waals surface area (Å²) in [4.78, 5) is 44.7. The SMILES string of the molecule is NC(N)=NCCCCC(=O)Nc1ccc(C[C@H](NC(=O)C2=Nc3ccccc3C2N)C(=O)O)cc1. The van der Waals surface area contributed by atoms with Crippen molar-refractivity contribution in [3.63, 3.8) is 0 Å². The summed E-state index contributed by atoms with van der Waals surface area (Å²) in [6, 6.07) is 12.0. The van der Waals surface area contributed by atoms with Gasteiger partial charge in [0.25, 0.3) is 5.91 Å². The van der Waals surface area contributed by atoms with E-state index in [1.54, 1.807) is 48.5 Å². The number of carbonyl (C=O) groups is 3. The molecule has 0 radical (unpaired) electrons. The van der Waals surface area contributed by atoms with Crippen molar-refractivity contribution in [1.29, 1.82) is 0 Å². The van der Waals surface area contributed by atoms with Crippen LogP contribution in [0.3, 0.4) is 0 Å². The fourth-order valence-electron chi connectivity index (χ4n) is 3.61. The van der Waals surface area contributed by atoms with Crippen molar-refractivity contribution in [2.24, 2.45) is 27.2 Å². The lowest BCUT2D eigenvalue weighted by molar-refractivity contribution is -0.141. The van der Waals surface area contributed by atoms with Gasteiger partial charge in [0.2, 0.25) is 5.91 Å². The van der Waals surface area contributed by atoms with Crippen LogP contribution in [-0.4, -0.2) is 47.1 Å². The molecule has 0 saturated heterocycles. The second-order valence-corrected chi connectivity index (χ2v) is 8.11. The van der Waals surface area contributed by atoms with Gasteiger partial charge in [0, 0.05) is 30.6 Å². The summed E-state index contributed by atoms with van der Waals surface area (Å²) >= 11 is 0. The number of aliphatic imine (C=N–C) groups is 2. The van der Waals surface area contributed by atoms with Gasteiger partial charge in [-0.1, -0.05) is 30.3 Å². The molecule has 0 saturated carbocycles. The topological polar surface area (TPSA) is 198 Å². The number of benzene rings is 2. The molecule has 3 rings (SSSR count). The number of anilines is 1. The predicted octanol–water partition coefficient (Wildman–Crippen LogP) is 0.967. The van der Waals surface area contributed by atoms with E-state index in [0.717, 1.165) is 5.56 Å². The molecule has 11 heteroatoms. The van der Waals surface area contributed by atoms with Crippen molar-refractivity contribution >= 4 is 40.8 Å². The molecule has 2 aromatic rings. The molecule has 2 amide bonds. The van der Waals surface area contributed by atoms with Crippen LogP contribution in [0.2, 0.25) is 0 Å². The van der Waals surface area contributed by atoms with E-state index in [0.29, 0.717) is 42.7 Å². The van der Waals surface area contributed by atoms with Gasteiger partial charge in [-0.25, -0.2) is 9.79 Å². The molecule has 11 nitrogen and oxygen atoms in total. The molecule has 0 aromatic heterocycles. The highest BCUT2D eigenvalue weighted by atomic mass is 16.4. The molecule has 0 aliphatic carbocycles. The number of unbranched alkanes of at least 4 members (excludes halogenated alkanes) is 1. The molecule has 1 aliphatic heterocycles. The quantitative estimate of drug-likeness (QED) is 0.157. The van der Waals surface area contributed by atoms with Crippen LogP contribution >= 0.6 is 0 Å². The van der Waals surface area contributed by atoms with Crippen molar-refractivity contribution in [3.05, 3.63) is 59.7 Å². The number of amides is 2. The Balaban J connectivity index is 1.52. The summed E-state index contributed by atoms with van der Waals surface area (Å²) in [5.41, 5.74) is 19.3. The first-order valence-electron chi connectivity index (χ1n) is 11.2. The highest BCUT2D eigenvalue weighted by molar-refractivity contribution is 6.42. The van der Waals surface area contributed by atoms with Crippen LogP contribution in [0.1, 0.15) is 36.4 Å². The summed E-state index contributed by atoms with van der Waals surface area (Å²) in [6.07, 6.45) is 1.71. The van der Waals surface area contributed by atoms with E-state index in [4.69, 9.17) is 17.2 Å². The molecule has 0 bridgehead atoms. The number of rotatable bonds is 11. The highest BCUT2D eigenvalue weighted by Crippen LogP contribution is 2.32. The molecule has 184 valence electrons. The number of carbonyl (C=O) groups excluding carboxylic acids is 2. The number of hydrogen-bond acceptors (Lipinski definition) is 6. The Bertz CT molecular complexity index is 1140. The van der Waals surface area contributed by atoms with Gasteiger partial charge in [-0.15, -0.1) is 0 Å². The van der Waals surface area contributed by atoms with Gasteiger partial charge < -0.3 is 32.9 Å². The predicted molar refractivity (Wildman–Crippen MR) is 133 cm³/mol. The first-order chi connectivity index (χ1) is 16.7. The summed E-state index contributed by atoms with van der Waals surface area (Å²) in [7, 11) is 0. The van der Waals surface area contributed by atoms with Gasteiger partial charge in [-0.05, 0) is 36.6 Å². The maximum absolute atomic E-state index is 12.7. The smallest absolute Gasteiger partial charge is 0.326 e. The van der Waals surface area contributed by atoms with E-state index in [2.05, 4.69) is 20.6 Å². The number of fused-ring (bicyclic) bond motifs is 1. The van der Waals surface area contributed by atoms with Crippen LogP contribution in [0, 0.1) is 0 Å². The van der Waals surface area contributed by atoms with Crippen molar-refractivity contribution in [1.82, 2.24) is 5.32 Å². The number of guanidine groups is 1. The van der Waals surface area contributed by atoms with Crippen molar-refractivity contribution < 1.29 is 19.5 Å². The molecule has 0 spiro atoms. The van der Waals surface area contributed by atoms with Crippen LogP contribution in [-0.2, 0) is 20.8 Å². The van der Waals surface area contributed by atoms with Crippen LogP contribution in [0.5, 0.6) is 0 Å². The standard InChI is InChI=1S/C24H29N7O4/c25-20-16-5-1-2-6-17(16)30-21(20)22(33)31-18(23(34)35)13-14-8-10-15(11-9-14)29-19(32)7-3-4-12-28-24(26)27/h1-2,5-6,8-11,18,20H,3-4,7,12-13,25H2,(H,29,32)(H,31,33)(H,34,35)(H4,26,27,28)/t18-,20?/m0/s1. The summed E-state index contributed by atoms with van der Waals surface area (Å²) in [6.45, 7) is 0.470. The summed E-state index contributed by atoms with van der Waals surface area (Å²) in [5, 5.41) is 14.9. The first kappa shape index (κ1) is 25.4. The third-order valence-electron chi connectivity index (χ3n) is 5.43. The van der Waals surface area contributed by atoms with Crippen LogP contribution in [0.4, 0.5) is 11.4 Å². The Morgan fingerprint density at radius 3 is 2.43 bits per heavy atom. The Kier molecular flexibility index (Phi) is 8.52. The van der Waals surface area contributed by atoms with Gasteiger partial charge in [0.05, 0.1) is 11.7 Å². The molecule has 0 fully saturated rings. The third kappa shape index (κ3) is 7.11. The Morgan fingerprint density at radius 1 is 1.06 bits per heavy atom. The van der Waals surface area contributed by atoms with E-state index in [-0.39, 0.29) is 24.0 Å². The summed E-state index contributed by atoms with van der Waals surface area (Å²) in [5.74, 6) is -1.92. The van der Waals surface area contributed by atoms with Gasteiger partial charge in [0.1, 0.15) is 11.8 Å². The van der Waals surface area contributed by atoms with Crippen LogP contribution in [0.25, 0.3) is 0 Å². The second-order valence-electron chi connectivity index (χ2n) is 8.11.